The second kappa shape index (κ2) is 6.57. The summed E-state index contributed by atoms with van der Waals surface area (Å²) in [5, 5.41) is 11.6. The lowest BCUT2D eigenvalue weighted by molar-refractivity contribution is -0.0437. The zero-order valence-corrected chi connectivity index (χ0v) is 14.0. The molecule has 2 aromatic rings. The molecule has 0 amide bonds. The molecule has 1 aromatic carbocycles. The molecule has 2 saturated heterocycles. The Bertz CT molecular complexity index is 721. The Labute approximate surface area is 142 Å². The smallest absolute Gasteiger partial charge is 0.145 e. The van der Waals surface area contributed by atoms with E-state index in [1.807, 2.05) is 18.3 Å². The number of rotatable bonds is 3. The molecule has 5 nitrogen and oxygen atoms in total. The van der Waals surface area contributed by atoms with Crippen molar-refractivity contribution in [3.63, 3.8) is 0 Å². The Morgan fingerprint density at radius 3 is 3.04 bits per heavy atom. The minimum atomic E-state index is -0.271. The second-order valence-corrected chi connectivity index (χ2v) is 6.68. The predicted octanol–water partition coefficient (Wildman–Crippen LogP) is 2.61. The van der Waals surface area contributed by atoms with Crippen molar-refractivity contribution in [3.8, 4) is 5.75 Å². The van der Waals surface area contributed by atoms with Crippen molar-refractivity contribution in [3.05, 3.63) is 30.5 Å². The maximum absolute atomic E-state index is 10.5. The Balaban J connectivity index is 1.73. The normalized spacial score (nSPS) is 27.6. The summed E-state index contributed by atoms with van der Waals surface area (Å²) in [6.07, 6.45) is 4.55. The van der Waals surface area contributed by atoms with Gasteiger partial charge >= 0.3 is 0 Å². The van der Waals surface area contributed by atoms with E-state index in [2.05, 4.69) is 22.0 Å². The molecule has 2 aliphatic heterocycles. The number of fused-ring (bicyclic) bond motifs is 1. The highest BCUT2D eigenvalue weighted by Gasteiger charge is 2.38. The van der Waals surface area contributed by atoms with Gasteiger partial charge < -0.3 is 19.5 Å². The summed E-state index contributed by atoms with van der Waals surface area (Å²) >= 11 is 0. The van der Waals surface area contributed by atoms with Crippen molar-refractivity contribution in [2.24, 2.45) is 5.92 Å². The molecule has 1 aromatic heterocycles. The molecule has 128 valence electrons. The highest BCUT2D eigenvalue weighted by molar-refractivity contribution is 5.95. The van der Waals surface area contributed by atoms with Gasteiger partial charge in [-0.1, -0.05) is 12.1 Å². The molecule has 0 aliphatic carbocycles. The summed E-state index contributed by atoms with van der Waals surface area (Å²) in [6, 6.07) is 8.45. The van der Waals surface area contributed by atoms with Crippen molar-refractivity contribution in [1.82, 2.24) is 4.98 Å². The molecular formula is C19H24N2O3. The van der Waals surface area contributed by atoms with Crippen molar-refractivity contribution in [2.75, 3.05) is 31.8 Å². The number of hydrogen-bond donors (Lipinski definition) is 1. The fraction of sp³-hybridized carbons (Fsp3) is 0.526. The number of ether oxygens (including phenoxy) is 2. The third-order valence-electron chi connectivity index (χ3n) is 5.40. The van der Waals surface area contributed by atoms with Gasteiger partial charge in [-0.05, 0) is 31.4 Å². The van der Waals surface area contributed by atoms with Crippen LogP contribution in [0, 0.1) is 5.92 Å². The molecule has 1 N–H and O–H groups in total. The van der Waals surface area contributed by atoms with E-state index in [0.29, 0.717) is 19.3 Å². The number of aliphatic hydroxyl groups is 1. The van der Waals surface area contributed by atoms with Crippen LogP contribution in [0.5, 0.6) is 5.75 Å². The second-order valence-electron chi connectivity index (χ2n) is 6.68. The van der Waals surface area contributed by atoms with Gasteiger partial charge in [0.05, 0.1) is 19.8 Å². The molecule has 0 bridgehead atoms. The first-order valence-electron chi connectivity index (χ1n) is 8.74. The Morgan fingerprint density at radius 2 is 2.21 bits per heavy atom. The van der Waals surface area contributed by atoms with Crippen molar-refractivity contribution >= 4 is 16.6 Å². The molecule has 3 heterocycles. The molecule has 2 aliphatic rings. The predicted molar refractivity (Wildman–Crippen MR) is 93.6 cm³/mol. The van der Waals surface area contributed by atoms with Gasteiger partial charge in [0.25, 0.3) is 0 Å². The fourth-order valence-corrected chi connectivity index (χ4v) is 4.20. The maximum Gasteiger partial charge on any atom is 0.145 e. The van der Waals surface area contributed by atoms with Gasteiger partial charge in [0, 0.05) is 42.4 Å². The van der Waals surface area contributed by atoms with E-state index in [9.17, 15) is 5.11 Å². The van der Waals surface area contributed by atoms with Gasteiger partial charge in [-0.2, -0.15) is 0 Å². The molecule has 24 heavy (non-hydrogen) atoms. The van der Waals surface area contributed by atoms with E-state index in [0.717, 1.165) is 42.5 Å². The third-order valence-corrected chi connectivity index (χ3v) is 5.40. The average molecular weight is 328 g/mol. The summed E-state index contributed by atoms with van der Waals surface area (Å²) in [7, 11) is 1.68. The number of methoxy groups -OCH3 is 1. The average Bonchev–Trinajstić information content (AvgIpc) is 3.10. The van der Waals surface area contributed by atoms with E-state index < -0.39 is 0 Å². The summed E-state index contributed by atoms with van der Waals surface area (Å²) in [5.74, 6) is 0.973. The zero-order chi connectivity index (χ0) is 16.5. The molecule has 2 fully saturated rings. The van der Waals surface area contributed by atoms with Crippen LogP contribution in [-0.2, 0) is 4.74 Å². The lowest BCUT2D eigenvalue weighted by Crippen LogP contribution is -2.46. The third kappa shape index (κ3) is 2.62. The van der Waals surface area contributed by atoms with E-state index in [1.54, 1.807) is 7.11 Å². The minimum Gasteiger partial charge on any atom is -0.494 e. The molecule has 0 spiro atoms. The number of aromatic nitrogens is 1. The van der Waals surface area contributed by atoms with Gasteiger partial charge in [0.15, 0.2) is 0 Å². The topological polar surface area (TPSA) is 54.8 Å². The number of anilines is 1. The maximum atomic E-state index is 10.5. The number of nitrogens with zero attached hydrogens (tertiary/aromatic N) is 2. The molecule has 4 rings (SSSR count). The number of para-hydroxylation sites is 1. The Hall–Kier alpha value is -1.85. The van der Waals surface area contributed by atoms with Crippen LogP contribution in [-0.4, -0.2) is 49.1 Å². The van der Waals surface area contributed by atoms with Crippen LogP contribution in [0.1, 0.15) is 19.3 Å². The van der Waals surface area contributed by atoms with Crippen molar-refractivity contribution in [1.29, 1.82) is 0 Å². The quantitative estimate of drug-likeness (QED) is 0.939. The minimum absolute atomic E-state index is 0.176. The van der Waals surface area contributed by atoms with Crippen LogP contribution < -0.4 is 9.64 Å². The first kappa shape index (κ1) is 15.7. The van der Waals surface area contributed by atoms with E-state index >= 15 is 0 Å². The highest BCUT2D eigenvalue weighted by Crippen LogP contribution is 2.38. The first-order valence-corrected chi connectivity index (χ1v) is 8.74. The van der Waals surface area contributed by atoms with Crippen LogP contribution in [0.25, 0.3) is 10.9 Å². The summed E-state index contributed by atoms with van der Waals surface area (Å²) in [6.45, 7) is 2.32. The van der Waals surface area contributed by atoms with E-state index in [-0.39, 0.29) is 12.0 Å². The standard InChI is InChI=1S/C19H24N2O3/c1-23-18-6-2-4-13-16(7-9-20-19(13)18)21-10-3-5-15(21)14-12-24-11-8-17(14)22/h2,4,6-7,9,14-15,17,22H,3,5,8,10-12H2,1H3. The lowest BCUT2D eigenvalue weighted by atomic mass is 9.89. The summed E-state index contributed by atoms with van der Waals surface area (Å²) < 4.78 is 11.1. The first-order chi connectivity index (χ1) is 11.8. The summed E-state index contributed by atoms with van der Waals surface area (Å²) in [4.78, 5) is 6.95. The van der Waals surface area contributed by atoms with Crippen LogP contribution >= 0.6 is 0 Å². The highest BCUT2D eigenvalue weighted by atomic mass is 16.5. The fourth-order valence-electron chi connectivity index (χ4n) is 4.20. The number of aliphatic hydroxyl groups excluding tert-OH is 1. The van der Waals surface area contributed by atoms with Crippen molar-refractivity contribution < 1.29 is 14.6 Å². The number of benzene rings is 1. The van der Waals surface area contributed by atoms with Crippen LogP contribution in [0.2, 0.25) is 0 Å². The van der Waals surface area contributed by atoms with Gasteiger partial charge in [-0.25, -0.2) is 0 Å². The van der Waals surface area contributed by atoms with Gasteiger partial charge in [-0.3, -0.25) is 4.98 Å². The number of pyridine rings is 1. The molecule has 0 saturated carbocycles. The van der Waals surface area contributed by atoms with E-state index in [1.165, 1.54) is 5.69 Å². The van der Waals surface area contributed by atoms with Crippen LogP contribution in [0.3, 0.4) is 0 Å². The van der Waals surface area contributed by atoms with Crippen LogP contribution in [0.15, 0.2) is 30.5 Å². The molecule has 3 atom stereocenters. The SMILES string of the molecule is COc1cccc2c(N3CCCC3C3COCCC3O)ccnc12. The monoisotopic (exact) mass is 328 g/mol. The van der Waals surface area contributed by atoms with Gasteiger partial charge in [0.1, 0.15) is 11.3 Å². The van der Waals surface area contributed by atoms with Gasteiger partial charge in [0.2, 0.25) is 0 Å². The van der Waals surface area contributed by atoms with E-state index in [4.69, 9.17) is 9.47 Å². The van der Waals surface area contributed by atoms with Crippen molar-refractivity contribution in [2.45, 2.75) is 31.4 Å². The Kier molecular flexibility index (Phi) is 4.29. The molecule has 0 radical (unpaired) electrons. The molecule has 5 heteroatoms. The summed E-state index contributed by atoms with van der Waals surface area (Å²) in [5.41, 5.74) is 2.07. The van der Waals surface area contributed by atoms with Crippen LogP contribution in [0.4, 0.5) is 5.69 Å². The largest absolute Gasteiger partial charge is 0.494 e. The number of hydrogen-bond acceptors (Lipinski definition) is 5. The Morgan fingerprint density at radius 1 is 1.29 bits per heavy atom. The lowest BCUT2D eigenvalue weighted by Gasteiger charge is -2.38. The molecule has 3 unspecified atom stereocenters. The molecular weight excluding hydrogens is 304 g/mol. The zero-order valence-electron chi connectivity index (χ0n) is 14.0. The van der Waals surface area contributed by atoms with Gasteiger partial charge in [-0.15, -0.1) is 0 Å².